The van der Waals surface area contributed by atoms with Crippen LogP contribution in [0.15, 0.2) is 18.2 Å². The summed E-state index contributed by atoms with van der Waals surface area (Å²) in [6, 6.07) is 5.42. The second kappa shape index (κ2) is 6.37. The van der Waals surface area contributed by atoms with Crippen LogP contribution in [0.25, 0.3) is 0 Å². The molecule has 1 amide bonds. The van der Waals surface area contributed by atoms with Gasteiger partial charge < -0.3 is 15.8 Å². The van der Waals surface area contributed by atoms with E-state index in [4.69, 9.17) is 22.1 Å². The topological polar surface area (TPSA) is 64.3 Å². The summed E-state index contributed by atoms with van der Waals surface area (Å²) in [5, 5.41) is 3.96. The molecule has 1 fully saturated rings. The highest BCUT2D eigenvalue weighted by atomic mass is 35.5. The van der Waals surface area contributed by atoms with Crippen LogP contribution in [0.2, 0.25) is 5.02 Å². The van der Waals surface area contributed by atoms with Gasteiger partial charge in [0.25, 0.3) is 0 Å². The van der Waals surface area contributed by atoms with Crippen LogP contribution >= 0.6 is 11.6 Å². The van der Waals surface area contributed by atoms with E-state index in [-0.39, 0.29) is 12.1 Å². The summed E-state index contributed by atoms with van der Waals surface area (Å²) in [5.74, 6) is -0.464. The van der Waals surface area contributed by atoms with Gasteiger partial charge in [0, 0.05) is 29.8 Å². The molecule has 3 N–H and O–H groups in total. The minimum atomic E-state index is -0.464. The molecule has 0 saturated carbocycles. The lowest BCUT2D eigenvalue weighted by molar-refractivity contribution is 0.0832. The molecular formula is C14H19ClN2O2. The van der Waals surface area contributed by atoms with E-state index in [1.54, 1.807) is 12.1 Å². The SMILES string of the molecule is CC(NCc1ccc(C(N)=O)cc1Cl)C1CCCO1. The first-order chi connectivity index (χ1) is 9.08. The van der Waals surface area contributed by atoms with Crippen molar-refractivity contribution in [1.29, 1.82) is 0 Å². The summed E-state index contributed by atoms with van der Waals surface area (Å²) in [5.41, 5.74) is 6.59. The molecule has 0 radical (unpaired) electrons. The molecule has 5 heteroatoms. The van der Waals surface area contributed by atoms with Crippen molar-refractivity contribution in [2.75, 3.05) is 6.61 Å². The molecule has 1 aliphatic heterocycles. The number of hydrogen-bond donors (Lipinski definition) is 2. The van der Waals surface area contributed by atoms with Crippen molar-refractivity contribution in [3.8, 4) is 0 Å². The number of nitrogens with one attached hydrogen (secondary N) is 1. The predicted octanol–water partition coefficient (Wildman–Crippen LogP) is 2.10. The first-order valence-corrected chi connectivity index (χ1v) is 6.89. The molecule has 0 spiro atoms. The van der Waals surface area contributed by atoms with Crippen molar-refractivity contribution < 1.29 is 9.53 Å². The molecule has 0 bridgehead atoms. The Morgan fingerprint density at radius 1 is 1.63 bits per heavy atom. The van der Waals surface area contributed by atoms with Crippen LogP contribution in [0.3, 0.4) is 0 Å². The molecule has 19 heavy (non-hydrogen) atoms. The summed E-state index contributed by atoms with van der Waals surface area (Å²) in [6.07, 6.45) is 2.51. The molecule has 104 valence electrons. The van der Waals surface area contributed by atoms with E-state index >= 15 is 0 Å². The predicted molar refractivity (Wildman–Crippen MR) is 75.2 cm³/mol. The zero-order chi connectivity index (χ0) is 13.8. The van der Waals surface area contributed by atoms with E-state index in [0.29, 0.717) is 17.1 Å². The van der Waals surface area contributed by atoms with Crippen LogP contribution in [0.5, 0.6) is 0 Å². The van der Waals surface area contributed by atoms with Crippen LogP contribution in [0.1, 0.15) is 35.7 Å². The normalized spacial score (nSPS) is 20.4. The van der Waals surface area contributed by atoms with E-state index in [1.807, 2.05) is 6.07 Å². The smallest absolute Gasteiger partial charge is 0.248 e. The first kappa shape index (κ1) is 14.3. The van der Waals surface area contributed by atoms with Crippen LogP contribution in [-0.4, -0.2) is 24.7 Å². The van der Waals surface area contributed by atoms with Crippen LogP contribution in [0.4, 0.5) is 0 Å². The van der Waals surface area contributed by atoms with Gasteiger partial charge in [0.05, 0.1) is 6.10 Å². The van der Waals surface area contributed by atoms with Crippen LogP contribution in [-0.2, 0) is 11.3 Å². The third kappa shape index (κ3) is 3.69. The Bertz CT molecular complexity index is 459. The van der Waals surface area contributed by atoms with E-state index in [1.165, 1.54) is 0 Å². The number of benzene rings is 1. The number of rotatable bonds is 5. The minimum absolute atomic E-state index is 0.281. The molecule has 1 aromatic carbocycles. The van der Waals surface area contributed by atoms with Crippen molar-refractivity contribution in [2.45, 2.75) is 38.5 Å². The van der Waals surface area contributed by atoms with Crippen molar-refractivity contribution in [3.05, 3.63) is 34.3 Å². The van der Waals surface area contributed by atoms with Crippen molar-refractivity contribution in [1.82, 2.24) is 5.32 Å². The zero-order valence-electron chi connectivity index (χ0n) is 11.0. The first-order valence-electron chi connectivity index (χ1n) is 6.51. The number of halogens is 1. The average molecular weight is 283 g/mol. The Hall–Kier alpha value is -1.10. The lowest BCUT2D eigenvalue weighted by Gasteiger charge is -2.20. The van der Waals surface area contributed by atoms with E-state index in [0.717, 1.165) is 25.0 Å². The fourth-order valence-corrected chi connectivity index (χ4v) is 2.49. The molecule has 1 aliphatic rings. The second-order valence-electron chi connectivity index (χ2n) is 4.89. The maximum absolute atomic E-state index is 11.0. The van der Waals surface area contributed by atoms with Crippen LogP contribution in [0, 0.1) is 0 Å². The fourth-order valence-electron chi connectivity index (χ4n) is 2.24. The maximum atomic E-state index is 11.0. The van der Waals surface area contributed by atoms with Gasteiger partial charge in [-0.05, 0) is 37.5 Å². The highest BCUT2D eigenvalue weighted by Crippen LogP contribution is 2.19. The van der Waals surface area contributed by atoms with Gasteiger partial charge in [0.15, 0.2) is 0 Å². The van der Waals surface area contributed by atoms with Gasteiger partial charge in [-0.1, -0.05) is 17.7 Å². The Morgan fingerprint density at radius 3 is 3.00 bits per heavy atom. The summed E-state index contributed by atoms with van der Waals surface area (Å²) in [7, 11) is 0. The Balaban J connectivity index is 1.93. The quantitative estimate of drug-likeness (QED) is 0.869. The monoisotopic (exact) mass is 282 g/mol. The van der Waals surface area contributed by atoms with Gasteiger partial charge in [0.1, 0.15) is 0 Å². The van der Waals surface area contributed by atoms with Gasteiger partial charge in [-0.25, -0.2) is 0 Å². The Kier molecular flexibility index (Phi) is 4.80. The Morgan fingerprint density at radius 2 is 2.42 bits per heavy atom. The zero-order valence-corrected chi connectivity index (χ0v) is 11.7. The number of amides is 1. The van der Waals surface area contributed by atoms with Crippen LogP contribution < -0.4 is 11.1 Å². The molecule has 2 rings (SSSR count). The summed E-state index contributed by atoms with van der Waals surface area (Å²) >= 11 is 6.14. The standard InChI is InChI=1S/C14H19ClN2O2/c1-9(13-3-2-6-19-13)17-8-11-5-4-10(14(16)18)7-12(11)15/h4-5,7,9,13,17H,2-3,6,8H2,1H3,(H2,16,18). The molecule has 2 unspecified atom stereocenters. The second-order valence-corrected chi connectivity index (χ2v) is 5.30. The number of carbonyl (C=O) groups excluding carboxylic acids is 1. The largest absolute Gasteiger partial charge is 0.377 e. The molecule has 1 aromatic rings. The number of primary amides is 1. The molecule has 1 saturated heterocycles. The molecule has 1 heterocycles. The van der Waals surface area contributed by atoms with Gasteiger partial charge in [0.2, 0.25) is 5.91 Å². The van der Waals surface area contributed by atoms with E-state index in [9.17, 15) is 4.79 Å². The summed E-state index contributed by atoms with van der Waals surface area (Å²) < 4.78 is 5.63. The average Bonchev–Trinajstić information content (AvgIpc) is 2.90. The molecular weight excluding hydrogens is 264 g/mol. The molecule has 0 aliphatic carbocycles. The number of hydrogen-bond acceptors (Lipinski definition) is 3. The van der Waals surface area contributed by atoms with E-state index in [2.05, 4.69) is 12.2 Å². The Labute approximate surface area is 118 Å². The van der Waals surface area contributed by atoms with Crippen molar-refractivity contribution in [3.63, 3.8) is 0 Å². The third-order valence-electron chi connectivity index (χ3n) is 3.47. The molecule has 2 atom stereocenters. The fraction of sp³-hybridized carbons (Fsp3) is 0.500. The number of ether oxygens (including phenoxy) is 1. The highest BCUT2D eigenvalue weighted by molar-refractivity contribution is 6.31. The maximum Gasteiger partial charge on any atom is 0.248 e. The van der Waals surface area contributed by atoms with Gasteiger partial charge in [-0.2, -0.15) is 0 Å². The highest BCUT2D eigenvalue weighted by Gasteiger charge is 2.21. The van der Waals surface area contributed by atoms with Gasteiger partial charge >= 0.3 is 0 Å². The van der Waals surface area contributed by atoms with Gasteiger partial charge in [-0.15, -0.1) is 0 Å². The molecule has 0 aromatic heterocycles. The van der Waals surface area contributed by atoms with Crippen molar-refractivity contribution >= 4 is 17.5 Å². The minimum Gasteiger partial charge on any atom is -0.377 e. The molecule has 4 nitrogen and oxygen atoms in total. The van der Waals surface area contributed by atoms with Gasteiger partial charge in [-0.3, -0.25) is 4.79 Å². The van der Waals surface area contributed by atoms with Crippen molar-refractivity contribution in [2.24, 2.45) is 5.73 Å². The third-order valence-corrected chi connectivity index (χ3v) is 3.83. The number of carbonyl (C=O) groups is 1. The summed E-state index contributed by atoms with van der Waals surface area (Å²) in [4.78, 5) is 11.0. The lowest BCUT2D eigenvalue weighted by Crippen LogP contribution is -2.36. The summed E-state index contributed by atoms with van der Waals surface area (Å²) in [6.45, 7) is 3.62. The number of nitrogens with two attached hydrogens (primary N) is 1. The van der Waals surface area contributed by atoms with E-state index < -0.39 is 5.91 Å². The lowest BCUT2D eigenvalue weighted by atomic mass is 10.1.